The van der Waals surface area contributed by atoms with Crippen molar-refractivity contribution >= 4 is 40.5 Å². The largest absolute Gasteiger partial charge is 0.387 e. The molecule has 4 atom stereocenters. The van der Waals surface area contributed by atoms with Crippen molar-refractivity contribution in [2.45, 2.75) is 24.5 Å². The summed E-state index contributed by atoms with van der Waals surface area (Å²) in [6, 6.07) is 0. The highest BCUT2D eigenvalue weighted by Crippen LogP contribution is 2.33. The summed E-state index contributed by atoms with van der Waals surface area (Å²) >= 11 is 3.36. The molecule has 0 unspecified atom stereocenters. The molecule has 120 valence electrons. The second kappa shape index (κ2) is 6.59. The van der Waals surface area contributed by atoms with Crippen LogP contribution in [0.3, 0.4) is 0 Å². The molecule has 0 radical (unpaired) electrons. The Labute approximate surface area is 135 Å². The van der Waals surface area contributed by atoms with E-state index in [-0.39, 0.29) is 5.82 Å². The molecule has 1 aliphatic rings. The number of nitrogens with zero attached hydrogens (tertiary/aromatic N) is 4. The van der Waals surface area contributed by atoms with Gasteiger partial charge in [-0.2, -0.15) is 11.8 Å². The van der Waals surface area contributed by atoms with Crippen LogP contribution in [-0.4, -0.2) is 65.1 Å². The summed E-state index contributed by atoms with van der Waals surface area (Å²) in [5, 5.41) is 21.3. The van der Waals surface area contributed by atoms with Crippen LogP contribution >= 0.6 is 23.5 Å². The van der Waals surface area contributed by atoms with E-state index in [9.17, 15) is 10.2 Å². The number of ether oxygens (including phenoxy) is 1. The number of aliphatic hydroxyl groups is 2. The van der Waals surface area contributed by atoms with Crippen molar-refractivity contribution < 1.29 is 14.9 Å². The summed E-state index contributed by atoms with van der Waals surface area (Å²) < 4.78 is 7.40. The van der Waals surface area contributed by atoms with E-state index in [1.54, 1.807) is 28.1 Å². The van der Waals surface area contributed by atoms with E-state index in [1.165, 1.54) is 12.7 Å². The van der Waals surface area contributed by atoms with Crippen LogP contribution in [0.4, 0.5) is 5.82 Å². The molecular weight excluding hydrogens is 326 g/mol. The number of fused-ring (bicyclic) bond motifs is 1. The third-order valence-corrected chi connectivity index (χ3v) is 5.66. The number of nitrogens with two attached hydrogens (primary N) is 1. The number of anilines is 1. The minimum Gasteiger partial charge on any atom is -0.387 e. The van der Waals surface area contributed by atoms with Crippen LogP contribution in [0, 0.1) is 0 Å². The average molecular weight is 343 g/mol. The van der Waals surface area contributed by atoms with Gasteiger partial charge in [-0.3, -0.25) is 4.57 Å². The predicted molar refractivity (Wildman–Crippen MR) is 86.5 cm³/mol. The molecule has 0 spiro atoms. The smallest absolute Gasteiger partial charge is 0.167 e. The first kappa shape index (κ1) is 15.8. The Kier molecular flexibility index (Phi) is 4.73. The monoisotopic (exact) mass is 343 g/mol. The van der Waals surface area contributed by atoms with Gasteiger partial charge in [0.2, 0.25) is 0 Å². The second-order valence-electron chi connectivity index (χ2n) is 4.91. The number of thioether (sulfide) groups is 2. The lowest BCUT2D eigenvalue weighted by molar-refractivity contribution is -0.0288. The fraction of sp³-hybridized carbons (Fsp3) is 0.583. The molecule has 2 aromatic heterocycles. The predicted octanol–water partition coefficient (Wildman–Crippen LogP) is 0.0814. The van der Waals surface area contributed by atoms with Gasteiger partial charge in [0.25, 0.3) is 0 Å². The van der Waals surface area contributed by atoms with Crippen LogP contribution in [0.25, 0.3) is 11.2 Å². The van der Waals surface area contributed by atoms with E-state index in [0.29, 0.717) is 16.9 Å². The lowest BCUT2D eigenvalue weighted by Crippen LogP contribution is -2.32. The van der Waals surface area contributed by atoms with Gasteiger partial charge in [-0.25, -0.2) is 15.0 Å². The molecule has 1 saturated heterocycles. The molecular formula is C12H17N5O3S2. The Hall–Kier alpha value is -1.07. The molecule has 3 rings (SSSR count). The quantitative estimate of drug-likeness (QED) is 0.512. The zero-order valence-electron chi connectivity index (χ0n) is 11.9. The van der Waals surface area contributed by atoms with Crippen LogP contribution in [0.15, 0.2) is 12.7 Å². The minimum atomic E-state index is -1.05. The maximum atomic E-state index is 10.3. The number of rotatable bonds is 5. The zero-order valence-corrected chi connectivity index (χ0v) is 13.5. The molecule has 8 nitrogen and oxygen atoms in total. The van der Waals surface area contributed by atoms with Crippen molar-refractivity contribution in [3.63, 3.8) is 0 Å². The van der Waals surface area contributed by atoms with Crippen molar-refractivity contribution in [1.82, 2.24) is 19.5 Å². The number of hydrogen-bond acceptors (Lipinski definition) is 9. The average Bonchev–Trinajstić information content (AvgIpc) is 3.05. The molecule has 2 aromatic rings. The summed E-state index contributed by atoms with van der Waals surface area (Å²) in [5.41, 5.74) is 6.68. The minimum absolute atomic E-state index is 0.267. The van der Waals surface area contributed by atoms with Gasteiger partial charge in [-0.15, -0.1) is 11.8 Å². The normalized spacial score (nSPS) is 28.5. The van der Waals surface area contributed by atoms with Crippen LogP contribution in [0.5, 0.6) is 0 Å². The molecule has 4 N–H and O–H groups in total. The first-order chi connectivity index (χ1) is 10.6. The summed E-state index contributed by atoms with van der Waals surface area (Å²) in [6.45, 7) is 0. The molecule has 0 bridgehead atoms. The van der Waals surface area contributed by atoms with Gasteiger partial charge in [-0.1, -0.05) is 0 Å². The third kappa shape index (κ3) is 2.76. The molecule has 10 heteroatoms. The number of nitrogen functional groups attached to an aromatic ring is 1. The SMILES string of the molecule is CSCSC[C@H]1O[C@@H](n2cnc3c(N)ncnc32)[C@H](O)[C@@H]1O. The van der Waals surface area contributed by atoms with E-state index >= 15 is 0 Å². The fourth-order valence-electron chi connectivity index (χ4n) is 2.40. The van der Waals surface area contributed by atoms with E-state index < -0.39 is 24.5 Å². The van der Waals surface area contributed by atoms with Gasteiger partial charge < -0.3 is 20.7 Å². The number of hydrogen-bond donors (Lipinski definition) is 3. The van der Waals surface area contributed by atoms with Gasteiger partial charge in [0.1, 0.15) is 24.1 Å². The number of aliphatic hydroxyl groups excluding tert-OH is 2. The second-order valence-corrected chi connectivity index (χ2v) is 7.17. The highest BCUT2D eigenvalue weighted by molar-refractivity contribution is 8.15. The Bertz CT molecular complexity index is 655. The molecule has 1 aliphatic heterocycles. The topological polar surface area (TPSA) is 119 Å². The van der Waals surface area contributed by atoms with E-state index in [0.717, 1.165) is 5.08 Å². The first-order valence-corrected chi connectivity index (χ1v) is 9.19. The summed E-state index contributed by atoms with van der Waals surface area (Å²) in [7, 11) is 0. The van der Waals surface area contributed by atoms with Gasteiger partial charge in [0.05, 0.1) is 12.4 Å². The van der Waals surface area contributed by atoms with Crippen molar-refractivity contribution in [3.05, 3.63) is 12.7 Å². The molecule has 0 aliphatic carbocycles. The molecule has 0 amide bonds. The van der Waals surface area contributed by atoms with Gasteiger partial charge in [0, 0.05) is 10.8 Å². The maximum absolute atomic E-state index is 10.3. The maximum Gasteiger partial charge on any atom is 0.167 e. The van der Waals surface area contributed by atoms with Gasteiger partial charge in [-0.05, 0) is 6.26 Å². The lowest BCUT2D eigenvalue weighted by atomic mass is 10.1. The highest BCUT2D eigenvalue weighted by atomic mass is 32.2. The number of aromatic nitrogens is 4. The van der Waals surface area contributed by atoms with Crippen molar-refractivity contribution in [2.24, 2.45) is 0 Å². The van der Waals surface area contributed by atoms with Crippen LogP contribution < -0.4 is 5.73 Å². The van der Waals surface area contributed by atoms with E-state index in [2.05, 4.69) is 15.0 Å². The molecule has 1 fully saturated rings. The lowest BCUT2D eigenvalue weighted by Gasteiger charge is -2.16. The fourth-order valence-corrected chi connectivity index (χ4v) is 3.96. The third-order valence-electron chi connectivity index (χ3n) is 3.48. The molecule has 3 heterocycles. The Morgan fingerprint density at radius 3 is 2.91 bits per heavy atom. The van der Waals surface area contributed by atoms with E-state index in [1.807, 2.05) is 6.26 Å². The summed E-state index contributed by atoms with van der Waals surface area (Å²) in [4.78, 5) is 12.2. The molecule has 0 saturated carbocycles. The van der Waals surface area contributed by atoms with Crippen molar-refractivity contribution in [3.8, 4) is 0 Å². The standard InChI is InChI=1S/C12H17N5O3S2/c1-21-5-22-2-6-8(18)9(19)12(20-6)17-4-16-7-10(13)14-3-15-11(7)17/h3-4,6,8-9,12,18-19H,2,5H2,1H3,(H2,13,14,15)/t6-,8-,9-,12-/m1/s1. The van der Waals surface area contributed by atoms with Crippen LogP contribution in [-0.2, 0) is 4.74 Å². The Morgan fingerprint density at radius 2 is 2.14 bits per heavy atom. The molecule has 22 heavy (non-hydrogen) atoms. The van der Waals surface area contributed by atoms with Crippen LogP contribution in [0.1, 0.15) is 6.23 Å². The van der Waals surface area contributed by atoms with Crippen molar-refractivity contribution in [1.29, 1.82) is 0 Å². The summed E-state index contributed by atoms with van der Waals surface area (Å²) in [6.07, 6.45) is 1.67. The Morgan fingerprint density at radius 1 is 1.32 bits per heavy atom. The Balaban J connectivity index is 1.83. The highest BCUT2D eigenvalue weighted by Gasteiger charge is 2.44. The van der Waals surface area contributed by atoms with Gasteiger partial charge in [0.15, 0.2) is 17.7 Å². The zero-order chi connectivity index (χ0) is 15.7. The number of imidazole rings is 1. The first-order valence-electron chi connectivity index (χ1n) is 6.64. The van der Waals surface area contributed by atoms with Gasteiger partial charge >= 0.3 is 0 Å². The van der Waals surface area contributed by atoms with Crippen molar-refractivity contribution in [2.75, 3.05) is 22.8 Å². The summed E-state index contributed by atoms with van der Waals surface area (Å²) in [5.74, 6) is 0.878. The van der Waals surface area contributed by atoms with Crippen LogP contribution in [0.2, 0.25) is 0 Å². The van der Waals surface area contributed by atoms with E-state index in [4.69, 9.17) is 10.5 Å². The molecule has 0 aromatic carbocycles.